The van der Waals surface area contributed by atoms with Crippen LogP contribution in [0.4, 0.5) is 0 Å². The first-order valence-electron chi connectivity index (χ1n) is 20.6. The number of hydrogen-bond donors (Lipinski definition) is 6. The molecule has 6 amide bonds. The lowest BCUT2D eigenvalue weighted by atomic mass is 9.97. The van der Waals surface area contributed by atoms with Gasteiger partial charge in [0.1, 0.15) is 30.2 Å². The number of ether oxygens (including phenoxy) is 2. The molecule has 3 saturated heterocycles. The third kappa shape index (κ3) is 12.9. The summed E-state index contributed by atoms with van der Waals surface area (Å²) in [4.78, 5) is 86.2. The second-order valence-electron chi connectivity index (χ2n) is 16.9. The molecule has 0 aliphatic carbocycles. The molecule has 0 saturated carbocycles. The number of carbonyl (C=O) groups is 6. The fourth-order valence-corrected chi connectivity index (χ4v) is 8.48. The van der Waals surface area contributed by atoms with Gasteiger partial charge in [-0.1, -0.05) is 62.8 Å². The highest BCUT2D eigenvalue weighted by Crippen LogP contribution is 2.26. The fraction of sp³-hybridized carbons (Fsp3) is 0.628. The minimum Gasteiger partial charge on any atom is -0.369 e. The van der Waals surface area contributed by atoms with Gasteiger partial charge >= 0.3 is 0 Å². The van der Waals surface area contributed by atoms with Gasteiger partial charge in [-0.15, -0.1) is 24.9 Å². The summed E-state index contributed by atoms with van der Waals surface area (Å²) in [6, 6.07) is 2.88. The average Bonchev–Trinajstić information content (AvgIpc) is 3.91. The van der Waals surface area contributed by atoms with Crippen LogP contribution in [-0.4, -0.2) is 124 Å². The number of nitrogens with zero attached hydrogens (tertiary/aromatic N) is 1. The third-order valence-corrected chi connectivity index (χ3v) is 12.6. The van der Waals surface area contributed by atoms with Crippen LogP contribution in [0, 0.1) is 5.92 Å². The number of thioether (sulfide) groups is 1. The molecule has 10 atom stereocenters. The van der Waals surface area contributed by atoms with E-state index in [0.717, 1.165) is 5.56 Å². The van der Waals surface area contributed by atoms with Crippen LogP contribution in [0.15, 0.2) is 55.6 Å². The van der Waals surface area contributed by atoms with Gasteiger partial charge in [-0.2, -0.15) is 0 Å². The standard InChI is InChI=1S/C43H65N7O8S/c1-11-25(4)33-38(54)44-26(5)41(56)50-21-17-20-32(50)37(53)45-29(22-28-18-15-14-16-19-28)40-47-31(24-59-40)36(52)49-34(27(6)58-43(9,10)13-3)39(55)46-30(35(51)48-33)23-57-42(7,8)12-2/h12-16,18-19,25-27,29-34,40,47H,2-3,11,17,20-24H2,1,4-10H3,(H,44,54)(H,45,53)(H,46,55)(H,48,51)(H,49,52)/t25-,26-,27+,29+,30-,31-,32-,33-,34-,40+/m0/s1. The molecular formula is C43H65N7O8S. The molecule has 0 unspecified atom stereocenters. The average molecular weight is 840 g/mol. The second kappa shape index (κ2) is 20.8. The highest BCUT2D eigenvalue weighted by Gasteiger charge is 2.43. The van der Waals surface area contributed by atoms with E-state index in [1.165, 1.54) is 16.7 Å². The first-order chi connectivity index (χ1) is 27.8. The van der Waals surface area contributed by atoms with E-state index < -0.39 is 94.5 Å². The highest BCUT2D eigenvalue weighted by molar-refractivity contribution is 8.00. The molecule has 3 heterocycles. The van der Waals surface area contributed by atoms with E-state index >= 15 is 0 Å². The van der Waals surface area contributed by atoms with E-state index in [2.05, 4.69) is 45.1 Å². The van der Waals surface area contributed by atoms with Crippen LogP contribution >= 0.6 is 11.8 Å². The number of carbonyl (C=O) groups excluding carboxylic acids is 6. The van der Waals surface area contributed by atoms with Crippen LogP contribution in [0.2, 0.25) is 0 Å². The first-order valence-corrected chi connectivity index (χ1v) is 21.7. The van der Waals surface area contributed by atoms with E-state index in [0.29, 0.717) is 38.0 Å². The van der Waals surface area contributed by atoms with E-state index in [1.54, 1.807) is 60.6 Å². The molecule has 3 aliphatic rings. The predicted molar refractivity (Wildman–Crippen MR) is 228 cm³/mol. The Labute approximate surface area is 353 Å². The first kappa shape index (κ1) is 47.4. The Kier molecular flexibility index (Phi) is 16.7. The minimum atomic E-state index is -1.33. The Balaban J connectivity index is 1.76. The van der Waals surface area contributed by atoms with Crippen molar-refractivity contribution >= 4 is 47.2 Å². The van der Waals surface area contributed by atoms with Gasteiger partial charge in [-0.05, 0) is 72.3 Å². The molecule has 0 spiro atoms. The topological polar surface area (TPSA) is 196 Å². The molecule has 0 radical (unpaired) electrons. The predicted octanol–water partition coefficient (Wildman–Crippen LogP) is 2.11. The smallest absolute Gasteiger partial charge is 0.245 e. The summed E-state index contributed by atoms with van der Waals surface area (Å²) in [5.74, 6) is -3.34. The largest absolute Gasteiger partial charge is 0.369 e. The van der Waals surface area contributed by atoms with Gasteiger partial charge in [0.15, 0.2) is 0 Å². The Morgan fingerprint density at radius 3 is 2.14 bits per heavy atom. The van der Waals surface area contributed by atoms with Gasteiger partial charge in [-0.25, -0.2) is 0 Å². The van der Waals surface area contributed by atoms with Crippen LogP contribution < -0.4 is 31.9 Å². The van der Waals surface area contributed by atoms with Crippen LogP contribution in [-0.2, 0) is 44.7 Å². The highest BCUT2D eigenvalue weighted by atomic mass is 32.2. The van der Waals surface area contributed by atoms with Crippen LogP contribution in [0.3, 0.4) is 0 Å². The molecule has 3 aliphatic heterocycles. The molecule has 4 rings (SSSR count). The monoisotopic (exact) mass is 839 g/mol. The summed E-state index contributed by atoms with van der Waals surface area (Å²) in [7, 11) is 0. The number of amides is 6. The molecule has 1 aromatic rings. The van der Waals surface area contributed by atoms with Gasteiger partial charge < -0.3 is 41.0 Å². The van der Waals surface area contributed by atoms with Crippen molar-refractivity contribution in [2.24, 2.45) is 5.92 Å². The summed E-state index contributed by atoms with van der Waals surface area (Å²) in [6.07, 6.45) is 4.20. The van der Waals surface area contributed by atoms with Crippen LogP contribution in [0.1, 0.15) is 80.2 Å². The van der Waals surface area contributed by atoms with E-state index in [-0.39, 0.29) is 18.4 Å². The minimum absolute atomic E-state index is 0.308. The lowest BCUT2D eigenvalue weighted by Gasteiger charge is -2.33. The van der Waals surface area contributed by atoms with Gasteiger partial charge in [0.2, 0.25) is 35.4 Å². The van der Waals surface area contributed by atoms with Crippen molar-refractivity contribution in [3.63, 3.8) is 0 Å². The van der Waals surface area contributed by atoms with Crippen molar-refractivity contribution in [1.29, 1.82) is 0 Å². The van der Waals surface area contributed by atoms with Crippen molar-refractivity contribution in [1.82, 2.24) is 36.8 Å². The molecule has 0 aromatic heterocycles. The summed E-state index contributed by atoms with van der Waals surface area (Å²) >= 11 is 1.47. The van der Waals surface area contributed by atoms with Crippen molar-refractivity contribution in [2.75, 3.05) is 18.9 Å². The fourth-order valence-electron chi connectivity index (χ4n) is 7.18. The molecular weight excluding hydrogens is 775 g/mol. The summed E-state index contributed by atoms with van der Waals surface area (Å²) in [5, 5.41) is 17.4. The summed E-state index contributed by atoms with van der Waals surface area (Å²) in [6.45, 7) is 21.6. The Morgan fingerprint density at radius 2 is 1.49 bits per heavy atom. The zero-order chi connectivity index (χ0) is 43.7. The second-order valence-corrected chi connectivity index (χ2v) is 18.0. The zero-order valence-electron chi connectivity index (χ0n) is 35.8. The van der Waals surface area contributed by atoms with Gasteiger partial charge in [-0.3, -0.25) is 34.1 Å². The van der Waals surface area contributed by atoms with Gasteiger partial charge in [0.05, 0.1) is 41.4 Å². The van der Waals surface area contributed by atoms with Crippen LogP contribution in [0.5, 0.6) is 0 Å². The maximum absolute atomic E-state index is 14.4. The quantitative estimate of drug-likeness (QED) is 0.170. The number of nitrogens with one attached hydrogen (secondary N) is 6. The zero-order valence-corrected chi connectivity index (χ0v) is 36.6. The molecule has 15 nitrogen and oxygen atoms in total. The van der Waals surface area contributed by atoms with E-state index in [1.807, 2.05) is 37.3 Å². The van der Waals surface area contributed by atoms with Crippen molar-refractivity contribution in [2.45, 2.75) is 146 Å². The number of rotatable bonds is 12. The molecule has 59 heavy (non-hydrogen) atoms. The van der Waals surface area contributed by atoms with Gasteiger partial charge in [0.25, 0.3) is 0 Å². The normalized spacial score (nSPS) is 29.1. The Hall–Kier alpha value is -4.25. The van der Waals surface area contributed by atoms with Crippen LogP contribution in [0.25, 0.3) is 0 Å². The van der Waals surface area contributed by atoms with Crippen molar-refractivity contribution in [3.05, 3.63) is 61.2 Å². The molecule has 6 N–H and O–H groups in total. The number of fused-ring (bicyclic) bond motifs is 3. The lowest BCUT2D eigenvalue weighted by Crippen LogP contribution is -2.63. The van der Waals surface area contributed by atoms with E-state index in [4.69, 9.17) is 9.47 Å². The molecule has 1 aromatic carbocycles. The maximum atomic E-state index is 14.4. The summed E-state index contributed by atoms with van der Waals surface area (Å²) < 4.78 is 12.2. The molecule has 2 bridgehead atoms. The summed E-state index contributed by atoms with van der Waals surface area (Å²) in [5.41, 5.74) is -0.811. The van der Waals surface area contributed by atoms with Gasteiger partial charge in [0, 0.05) is 12.3 Å². The molecule has 326 valence electrons. The SMILES string of the molecule is C=CC(C)(C)OC[C@@H]1NC(=O)[C@H]([C@@H](C)OC(C)(C)C=C)NC(=O)[C@@H]2CS[C@@H](N2)[C@@H](Cc2ccccc2)NC(=O)[C@@H]2CCCN2C(=O)[C@H](C)NC(=O)[C@H]([C@@H](C)CC)NC1=O. The molecule has 3 fully saturated rings. The lowest BCUT2D eigenvalue weighted by molar-refractivity contribution is -0.142. The van der Waals surface area contributed by atoms with Crippen molar-refractivity contribution < 1.29 is 38.2 Å². The van der Waals surface area contributed by atoms with E-state index in [9.17, 15) is 28.8 Å². The number of benzene rings is 1. The maximum Gasteiger partial charge on any atom is 0.245 e. The third-order valence-electron chi connectivity index (χ3n) is 11.3. The Bertz CT molecular complexity index is 1690. The Morgan fingerprint density at radius 1 is 0.847 bits per heavy atom. The number of hydrogen-bond acceptors (Lipinski definition) is 10. The molecule has 16 heteroatoms. The van der Waals surface area contributed by atoms with Crippen molar-refractivity contribution in [3.8, 4) is 0 Å².